The van der Waals surface area contributed by atoms with Crippen LogP contribution in [0.3, 0.4) is 0 Å². The summed E-state index contributed by atoms with van der Waals surface area (Å²) in [5.41, 5.74) is 3.88. The molecule has 108 valence electrons. The molecule has 0 amide bonds. The zero-order chi connectivity index (χ0) is 13.5. The van der Waals surface area contributed by atoms with Gasteiger partial charge in [0.1, 0.15) is 5.75 Å². The highest BCUT2D eigenvalue weighted by molar-refractivity contribution is 5.85. The van der Waals surface area contributed by atoms with Gasteiger partial charge in [0.25, 0.3) is 0 Å². The molecule has 0 radical (unpaired) electrons. The molecule has 0 saturated heterocycles. The van der Waals surface area contributed by atoms with E-state index in [1.165, 1.54) is 16.7 Å². The second kappa shape index (κ2) is 8.62. The minimum absolute atomic E-state index is 0. The van der Waals surface area contributed by atoms with Gasteiger partial charge in [0.15, 0.2) is 0 Å². The van der Waals surface area contributed by atoms with Gasteiger partial charge in [0, 0.05) is 6.54 Å². The Bertz CT molecular complexity index is 511. The molecule has 2 rings (SSSR count). The molecule has 0 fully saturated rings. The van der Waals surface area contributed by atoms with E-state index in [0.29, 0.717) is 0 Å². The van der Waals surface area contributed by atoms with Crippen LogP contribution in [0.5, 0.6) is 5.75 Å². The van der Waals surface area contributed by atoms with Gasteiger partial charge in [0.2, 0.25) is 0 Å². The van der Waals surface area contributed by atoms with Gasteiger partial charge in [-0.2, -0.15) is 0 Å². The topological polar surface area (TPSA) is 21.3 Å². The van der Waals surface area contributed by atoms with Crippen molar-refractivity contribution >= 4 is 12.4 Å². The lowest BCUT2D eigenvalue weighted by molar-refractivity contribution is 0.409. The molecule has 20 heavy (non-hydrogen) atoms. The summed E-state index contributed by atoms with van der Waals surface area (Å²) in [7, 11) is 1.72. The van der Waals surface area contributed by atoms with Crippen LogP contribution in [-0.4, -0.2) is 13.7 Å². The smallest absolute Gasteiger partial charge is 0.122 e. The van der Waals surface area contributed by atoms with E-state index in [9.17, 15) is 0 Å². The Balaban J connectivity index is 0.00000200. The molecular weight excluding hydrogens is 270 g/mol. The summed E-state index contributed by atoms with van der Waals surface area (Å²) in [6.45, 7) is 3.97. The van der Waals surface area contributed by atoms with Crippen LogP contribution in [0.1, 0.15) is 16.7 Å². The second-order valence-corrected chi connectivity index (χ2v) is 4.72. The lowest BCUT2D eigenvalue weighted by atomic mass is 10.1. The maximum absolute atomic E-state index is 5.35. The van der Waals surface area contributed by atoms with Crippen molar-refractivity contribution in [2.45, 2.75) is 19.9 Å². The van der Waals surface area contributed by atoms with Crippen LogP contribution in [0, 0.1) is 6.92 Å². The molecule has 0 spiro atoms. The molecular formula is C17H22ClNO. The van der Waals surface area contributed by atoms with Crippen LogP contribution in [0.4, 0.5) is 0 Å². The molecule has 0 bridgehead atoms. The van der Waals surface area contributed by atoms with Crippen molar-refractivity contribution in [2.75, 3.05) is 13.7 Å². The van der Waals surface area contributed by atoms with Crippen LogP contribution in [0.2, 0.25) is 0 Å². The molecule has 0 aliphatic heterocycles. The highest BCUT2D eigenvalue weighted by Crippen LogP contribution is 2.17. The third-order valence-corrected chi connectivity index (χ3v) is 3.21. The SMILES string of the molecule is COc1ccccc1CCNCc1ccc(C)cc1.Cl. The minimum atomic E-state index is 0. The van der Waals surface area contributed by atoms with Crippen molar-refractivity contribution in [3.63, 3.8) is 0 Å². The molecule has 0 aliphatic carbocycles. The zero-order valence-corrected chi connectivity index (χ0v) is 12.9. The molecule has 2 aromatic rings. The van der Waals surface area contributed by atoms with E-state index in [-0.39, 0.29) is 12.4 Å². The predicted octanol–water partition coefficient (Wildman–Crippen LogP) is 3.76. The average Bonchev–Trinajstić information content (AvgIpc) is 2.46. The summed E-state index contributed by atoms with van der Waals surface area (Å²) in [5, 5.41) is 3.47. The zero-order valence-electron chi connectivity index (χ0n) is 12.1. The summed E-state index contributed by atoms with van der Waals surface area (Å²) < 4.78 is 5.35. The van der Waals surface area contributed by atoms with Gasteiger partial charge >= 0.3 is 0 Å². The largest absolute Gasteiger partial charge is 0.496 e. The highest BCUT2D eigenvalue weighted by Gasteiger charge is 2.00. The monoisotopic (exact) mass is 291 g/mol. The molecule has 3 heteroatoms. The van der Waals surface area contributed by atoms with Crippen LogP contribution in [0.25, 0.3) is 0 Å². The van der Waals surface area contributed by atoms with Crippen LogP contribution in [0.15, 0.2) is 48.5 Å². The van der Waals surface area contributed by atoms with Crippen molar-refractivity contribution < 1.29 is 4.74 Å². The summed E-state index contributed by atoms with van der Waals surface area (Å²) >= 11 is 0. The number of aryl methyl sites for hydroxylation is 1. The fourth-order valence-corrected chi connectivity index (χ4v) is 2.07. The quantitative estimate of drug-likeness (QED) is 0.818. The van der Waals surface area contributed by atoms with Crippen LogP contribution >= 0.6 is 12.4 Å². The van der Waals surface area contributed by atoms with E-state index in [0.717, 1.165) is 25.3 Å². The molecule has 0 unspecified atom stereocenters. The number of para-hydroxylation sites is 1. The van der Waals surface area contributed by atoms with E-state index in [2.05, 4.69) is 48.6 Å². The number of hydrogen-bond acceptors (Lipinski definition) is 2. The van der Waals surface area contributed by atoms with Crippen molar-refractivity contribution in [3.05, 3.63) is 65.2 Å². The van der Waals surface area contributed by atoms with Crippen molar-refractivity contribution in [3.8, 4) is 5.75 Å². The summed E-state index contributed by atoms with van der Waals surface area (Å²) in [4.78, 5) is 0. The van der Waals surface area contributed by atoms with Gasteiger partial charge in [-0.3, -0.25) is 0 Å². The Morgan fingerprint density at radius 1 is 1.00 bits per heavy atom. The first kappa shape index (κ1) is 16.5. The van der Waals surface area contributed by atoms with E-state index in [1.54, 1.807) is 7.11 Å². The molecule has 0 heterocycles. The normalized spacial score (nSPS) is 9.90. The first-order valence-corrected chi connectivity index (χ1v) is 6.68. The van der Waals surface area contributed by atoms with Crippen LogP contribution in [-0.2, 0) is 13.0 Å². The fraction of sp³-hybridized carbons (Fsp3) is 0.294. The Hall–Kier alpha value is -1.51. The van der Waals surface area contributed by atoms with Gasteiger partial charge in [-0.25, -0.2) is 0 Å². The third kappa shape index (κ3) is 4.87. The minimum Gasteiger partial charge on any atom is -0.496 e. The van der Waals surface area contributed by atoms with Gasteiger partial charge in [-0.1, -0.05) is 48.0 Å². The Labute approximate surface area is 127 Å². The Kier molecular flexibility index (Phi) is 7.13. The van der Waals surface area contributed by atoms with E-state index in [4.69, 9.17) is 4.74 Å². The van der Waals surface area contributed by atoms with Crippen molar-refractivity contribution in [1.29, 1.82) is 0 Å². The lowest BCUT2D eigenvalue weighted by Crippen LogP contribution is -2.16. The van der Waals surface area contributed by atoms with Gasteiger partial charge < -0.3 is 10.1 Å². The molecule has 0 atom stereocenters. The molecule has 1 N–H and O–H groups in total. The number of benzene rings is 2. The maximum Gasteiger partial charge on any atom is 0.122 e. The van der Waals surface area contributed by atoms with E-state index in [1.807, 2.05) is 12.1 Å². The van der Waals surface area contributed by atoms with E-state index < -0.39 is 0 Å². The molecule has 0 saturated carbocycles. The standard InChI is InChI=1S/C17H21NO.ClH/c1-14-7-9-15(10-8-14)13-18-12-11-16-5-3-4-6-17(16)19-2;/h3-10,18H,11-13H2,1-2H3;1H. The number of methoxy groups -OCH3 is 1. The third-order valence-electron chi connectivity index (χ3n) is 3.21. The van der Waals surface area contributed by atoms with Crippen molar-refractivity contribution in [2.24, 2.45) is 0 Å². The summed E-state index contributed by atoms with van der Waals surface area (Å²) in [6, 6.07) is 16.8. The van der Waals surface area contributed by atoms with Crippen LogP contribution < -0.4 is 10.1 Å². The number of halogens is 1. The number of nitrogens with one attached hydrogen (secondary N) is 1. The summed E-state index contributed by atoms with van der Waals surface area (Å²) in [5.74, 6) is 0.972. The Morgan fingerprint density at radius 2 is 1.70 bits per heavy atom. The molecule has 0 aromatic heterocycles. The first-order chi connectivity index (χ1) is 9.29. The molecule has 2 aromatic carbocycles. The first-order valence-electron chi connectivity index (χ1n) is 6.68. The van der Waals surface area contributed by atoms with Gasteiger partial charge in [-0.05, 0) is 37.1 Å². The Morgan fingerprint density at radius 3 is 2.40 bits per heavy atom. The average molecular weight is 292 g/mol. The molecule has 0 aliphatic rings. The van der Waals surface area contributed by atoms with Gasteiger partial charge in [0.05, 0.1) is 7.11 Å². The lowest BCUT2D eigenvalue weighted by Gasteiger charge is -2.09. The fourth-order valence-electron chi connectivity index (χ4n) is 2.07. The maximum atomic E-state index is 5.35. The number of hydrogen-bond donors (Lipinski definition) is 1. The van der Waals surface area contributed by atoms with E-state index >= 15 is 0 Å². The van der Waals surface area contributed by atoms with Gasteiger partial charge in [-0.15, -0.1) is 12.4 Å². The second-order valence-electron chi connectivity index (χ2n) is 4.72. The summed E-state index contributed by atoms with van der Waals surface area (Å²) in [6.07, 6.45) is 0.982. The van der Waals surface area contributed by atoms with Crippen molar-refractivity contribution in [1.82, 2.24) is 5.32 Å². The molecule has 2 nitrogen and oxygen atoms in total. The highest BCUT2D eigenvalue weighted by atomic mass is 35.5. The number of ether oxygens (including phenoxy) is 1. The predicted molar refractivity (Wildman–Crippen MR) is 86.8 cm³/mol. The number of rotatable bonds is 6.